The molecule has 2 N–H and O–H groups in total. The largest absolute Gasteiger partial charge is 0.492 e. The Morgan fingerprint density at radius 1 is 1.03 bits per heavy atom. The van der Waals surface area contributed by atoms with Gasteiger partial charge in [0.1, 0.15) is 18.1 Å². The van der Waals surface area contributed by atoms with Gasteiger partial charge in [-0.2, -0.15) is 0 Å². The summed E-state index contributed by atoms with van der Waals surface area (Å²) in [6, 6.07) is 18.7. The number of fused-ring (bicyclic) bond motifs is 1. The second-order valence-electron chi connectivity index (χ2n) is 9.14. The molecule has 4 aromatic rings. The minimum Gasteiger partial charge on any atom is -0.492 e. The van der Waals surface area contributed by atoms with Gasteiger partial charge in [-0.3, -0.25) is 9.78 Å². The molecule has 0 unspecified atom stereocenters. The van der Waals surface area contributed by atoms with Crippen molar-refractivity contribution in [1.29, 1.82) is 0 Å². The van der Waals surface area contributed by atoms with Crippen LogP contribution in [0, 0.1) is 0 Å². The average molecular weight is 497 g/mol. The van der Waals surface area contributed by atoms with Crippen molar-refractivity contribution < 1.29 is 19.2 Å². The summed E-state index contributed by atoms with van der Waals surface area (Å²) in [6.45, 7) is 1.40. The molecular weight excluding hydrogens is 468 g/mol. The lowest BCUT2D eigenvalue weighted by Crippen LogP contribution is -2.19. The second kappa shape index (κ2) is 10.7. The molecule has 188 valence electrons. The number of furan rings is 1. The number of carbonyl (C=O) groups excluding carboxylic acids is 1. The molecule has 0 saturated carbocycles. The molecule has 1 aliphatic carbocycles. The number of pyridine rings is 1. The molecule has 0 aliphatic heterocycles. The van der Waals surface area contributed by atoms with Crippen LogP contribution in [-0.2, 0) is 6.42 Å². The van der Waals surface area contributed by atoms with Gasteiger partial charge < -0.3 is 24.6 Å². The zero-order chi connectivity index (χ0) is 25.8. The normalized spacial score (nSPS) is 13.6. The fourth-order valence-corrected chi connectivity index (χ4v) is 4.35. The fourth-order valence-electron chi connectivity index (χ4n) is 4.35. The van der Waals surface area contributed by atoms with Crippen LogP contribution in [0.1, 0.15) is 28.1 Å². The summed E-state index contributed by atoms with van der Waals surface area (Å²) in [5.41, 5.74) is 5.89. The van der Waals surface area contributed by atoms with Gasteiger partial charge in [-0.25, -0.2) is 0 Å². The number of hydrogen-bond acceptors (Lipinski definition) is 7. The van der Waals surface area contributed by atoms with Crippen LogP contribution in [0.3, 0.4) is 0 Å². The van der Waals surface area contributed by atoms with E-state index in [0.717, 1.165) is 46.5 Å². The highest BCUT2D eigenvalue weighted by molar-refractivity contribution is 6.05. The van der Waals surface area contributed by atoms with Gasteiger partial charge in [-0.05, 0) is 86.6 Å². The Labute approximate surface area is 215 Å². The van der Waals surface area contributed by atoms with Gasteiger partial charge in [0, 0.05) is 41.3 Å². The number of amides is 1. The Balaban J connectivity index is 1.40. The van der Waals surface area contributed by atoms with Gasteiger partial charge in [-0.1, -0.05) is 17.3 Å². The Morgan fingerprint density at radius 2 is 1.81 bits per heavy atom. The minimum absolute atomic E-state index is 0.200. The summed E-state index contributed by atoms with van der Waals surface area (Å²) in [7, 11) is 3.99. The Kier molecular flexibility index (Phi) is 7.00. The Morgan fingerprint density at radius 3 is 2.54 bits per heavy atom. The van der Waals surface area contributed by atoms with E-state index in [4.69, 9.17) is 9.15 Å². The molecule has 0 saturated heterocycles. The number of nitrogens with zero attached hydrogens (tertiary/aromatic N) is 3. The van der Waals surface area contributed by atoms with E-state index in [-0.39, 0.29) is 11.7 Å². The summed E-state index contributed by atoms with van der Waals surface area (Å²) < 4.78 is 11.9. The summed E-state index contributed by atoms with van der Waals surface area (Å²) in [6.07, 6.45) is 4.90. The molecule has 37 heavy (non-hydrogen) atoms. The number of oxime groups is 1. The predicted octanol–water partition coefficient (Wildman–Crippen LogP) is 5.33. The van der Waals surface area contributed by atoms with E-state index in [1.165, 1.54) is 0 Å². The van der Waals surface area contributed by atoms with Crippen molar-refractivity contribution >= 4 is 17.3 Å². The number of carbonyl (C=O) groups is 1. The molecular formula is C29H28N4O4. The number of nitrogens with one attached hydrogen (secondary N) is 1. The van der Waals surface area contributed by atoms with Crippen molar-refractivity contribution in [2.24, 2.45) is 5.16 Å². The summed E-state index contributed by atoms with van der Waals surface area (Å²) >= 11 is 0. The van der Waals surface area contributed by atoms with E-state index >= 15 is 0 Å². The molecule has 2 heterocycles. The average Bonchev–Trinajstić information content (AvgIpc) is 3.54. The Hall–Kier alpha value is -4.43. The lowest BCUT2D eigenvalue weighted by Gasteiger charge is -2.11. The standard InChI is InChI=1S/C29H28N4O4/c1-33(2)15-16-36-23-7-5-22(6-8-23)31-29(34)27-18-25(19-11-13-30-14-12-19)28(37-27)21-3-9-24-20(17-21)4-10-26(24)32-35/h3,5-9,11-14,17-18,35H,4,10,15-16H2,1-2H3,(H,31,34). The molecule has 0 spiro atoms. The molecule has 8 nitrogen and oxygen atoms in total. The van der Waals surface area contributed by atoms with Crippen LogP contribution in [0.25, 0.3) is 22.5 Å². The monoisotopic (exact) mass is 496 g/mol. The van der Waals surface area contributed by atoms with E-state index in [9.17, 15) is 10.0 Å². The van der Waals surface area contributed by atoms with Crippen molar-refractivity contribution in [2.75, 3.05) is 32.6 Å². The number of ether oxygens (including phenoxy) is 1. The highest BCUT2D eigenvalue weighted by Crippen LogP contribution is 2.37. The predicted molar refractivity (Wildman–Crippen MR) is 142 cm³/mol. The topological polar surface area (TPSA) is 100 Å². The van der Waals surface area contributed by atoms with Crippen LogP contribution < -0.4 is 10.1 Å². The van der Waals surface area contributed by atoms with Crippen LogP contribution in [0.2, 0.25) is 0 Å². The SMILES string of the molecule is CN(C)CCOc1ccc(NC(=O)c2cc(-c3ccncc3)c(-c3ccc4c(c3)CCC4=NO)o2)cc1. The molecule has 0 radical (unpaired) electrons. The van der Waals surface area contributed by atoms with E-state index in [1.807, 2.05) is 56.6 Å². The van der Waals surface area contributed by atoms with Crippen molar-refractivity contribution in [3.63, 3.8) is 0 Å². The highest BCUT2D eigenvalue weighted by atomic mass is 16.5. The number of hydrogen-bond donors (Lipinski definition) is 2. The molecule has 2 aromatic heterocycles. The summed E-state index contributed by atoms with van der Waals surface area (Å²) in [4.78, 5) is 19.3. The van der Waals surface area contributed by atoms with Gasteiger partial charge in [0.05, 0.1) is 5.71 Å². The van der Waals surface area contributed by atoms with Crippen LogP contribution in [0.15, 0.2) is 82.6 Å². The zero-order valence-corrected chi connectivity index (χ0v) is 20.8. The number of aromatic nitrogens is 1. The first kappa shape index (κ1) is 24.3. The molecule has 0 bridgehead atoms. The van der Waals surface area contributed by atoms with Gasteiger partial charge >= 0.3 is 0 Å². The van der Waals surface area contributed by atoms with E-state index in [0.29, 0.717) is 30.2 Å². The van der Waals surface area contributed by atoms with Crippen molar-refractivity contribution in [1.82, 2.24) is 9.88 Å². The second-order valence-corrected chi connectivity index (χ2v) is 9.14. The zero-order valence-electron chi connectivity index (χ0n) is 20.8. The van der Waals surface area contributed by atoms with Crippen molar-refractivity contribution in [3.05, 3.63) is 89.9 Å². The molecule has 5 rings (SSSR count). The van der Waals surface area contributed by atoms with Gasteiger partial charge in [0.2, 0.25) is 0 Å². The Bertz CT molecular complexity index is 1430. The van der Waals surface area contributed by atoms with Crippen LogP contribution >= 0.6 is 0 Å². The van der Waals surface area contributed by atoms with Gasteiger partial charge in [0.15, 0.2) is 5.76 Å². The first-order valence-electron chi connectivity index (χ1n) is 12.1. The molecule has 1 aliphatic rings. The first-order chi connectivity index (χ1) is 18.0. The quantitative estimate of drug-likeness (QED) is 0.253. The fraction of sp³-hybridized carbons (Fsp3) is 0.207. The maximum atomic E-state index is 13.1. The number of aryl methyl sites for hydroxylation is 1. The lowest BCUT2D eigenvalue weighted by atomic mass is 9.99. The minimum atomic E-state index is -0.348. The molecule has 2 aromatic carbocycles. The molecule has 0 fully saturated rings. The lowest BCUT2D eigenvalue weighted by molar-refractivity contribution is 0.0997. The van der Waals surface area contributed by atoms with E-state index < -0.39 is 0 Å². The van der Waals surface area contributed by atoms with Gasteiger partial charge in [0.25, 0.3) is 5.91 Å². The van der Waals surface area contributed by atoms with E-state index in [1.54, 1.807) is 30.6 Å². The van der Waals surface area contributed by atoms with Crippen LogP contribution in [0.4, 0.5) is 5.69 Å². The highest BCUT2D eigenvalue weighted by Gasteiger charge is 2.23. The third kappa shape index (κ3) is 5.39. The third-order valence-corrected chi connectivity index (χ3v) is 6.30. The molecule has 0 atom stereocenters. The number of rotatable bonds is 8. The maximum absolute atomic E-state index is 13.1. The van der Waals surface area contributed by atoms with Crippen LogP contribution in [-0.4, -0.2) is 54.0 Å². The number of anilines is 1. The number of benzene rings is 2. The number of likely N-dealkylation sites (N-methyl/N-ethyl adjacent to an activating group) is 1. The van der Waals surface area contributed by atoms with Crippen LogP contribution in [0.5, 0.6) is 5.75 Å². The third-order valence-electron chi connectivity index (χ3n) is 6.30. The summed E-state index contributed by atoms with van der Waals surface area (Å²) in [5.74, 6) is 1.19. The smallest absolute Gasteiger partial charge is 0.291 e. The van der Waals surface area contributed by atoms with Crippen molar-refractivity contribution in [2.45, 2.75) is 12.8 Å². The van der Waals surface area contributed by atoms with Crippen molar-refractivity contribution in [3.8, 4) is 28.2 Å². The summed E-state index contributed by atoms with van der Waals surface area (Å²) in [5, 5.41) is 15.6. The van der Waals surface area contributed by atoms with E-state index in [2.05, 4.69) is 20.4 Å². The first-order valence-corrected chi connectivity index (χ1v) is 12.1. The maximum Gasteiger partial charge on any atom is 0.291 e. The van der Waals surface area contributed by atoms with Gasteiger partial charge in [-0.15, -0.1) is 0 Å². The molecule has 8 heteroatoms. The molecule has 1 amide bonds.